The van der Waals surface area contributed by atoms with E-state index in [2.05, 4.69) is 39.9 Å². The topological polar surface area (TPSA) is 38.3 Å². The van der Waals surface area contributed by atoms with Crippen molar-refractivity contribution in [1.29, 1.82) is 0 Å². The van der Waals surface area contributed by atoms with Crippen LogP contribution in [0.5, 0.6) is 0 Å². The Morgan fingerprint density at radius 2 is 1.60 bits per heavy atom. The minimum absolute atomic E-state index is 0.0702. The molecule has 120 valence electrons. The van der Waals surface area contributed by atoms with E-state index in [9.17, 15) is 4.79 Å². The number of rotatable bonds is 10. The van der Waals surface area contributed by atoms with Gasteiger partial charge in [-0.1, -0.05) is 47.5 Å². The monoisotopic (exact) mass is 285 g/mol. The smallest absolute Gasteiger partial charge is 0.220 e. The quantitative estimate of drug-likeness (QED) is 0.612. The summed E-state index contributed by atoms with van der Waals surface area (Å²) in [6, 6.07) is 0. The third-order valence-corrected chi connectivity index (χ3v) is 3.25. The maximum atomic E-state index is 11.9. The van der Waals surface area contributed by atoms with Crippen molar-refractivity contribution in [2.45, 2.75) is 73.1 Å². The van der Waals surface area contributed by atoms with Gasteiger partial charge in [0.05, 0.1) is 0 Å². The highest BCUT2D eigenvalue weighted by Crippen LogP contribution is 2.35. The highest BCUT2D eigenvalue weighted by Gasteiger charge is 2.27. The van der Waals surface area contributed by atoms with Crippen molar-refractivity contribution >= 4 is 5.91 Å². The summed E-state index contributed by atoms with van der Waals surface area (Å²) in [5.74, 6) is 0.191. The van der Waals surface area contributed by atoms with Gasteiger partial charge in [0.2, 0.25) is 5.91 Å². The lowest BCUT2D eigenvalue weighted by Crippen LogP contribution is -2.31. The Morgan fingerprint density at radius 3 is 2.15 bits per heavy atom. The molecule has 0 atom stereocenters. The van der Waals surface area contributed by atoms with Crippen LogP contribution in [0.4, 0.5) is 0 Å². The fourth-order valence-electron chi connectivity index (χ4n) is 2.95. The van der Waals surface area contributed by atoms with Crippen LogP contribution in [0, 0.1) is 10.8 Å². The van der Waals surface area contributed by atoms with E-state index in [0.717, 1.165) is 38.8 Å². The van der Waals surface area contributed by atoms with Crippen LogP contribution in [0.3, 0.4) is 0 Å². The molecule has 0 unspecified atom stereocenters. The number of methoxy groups -OCH3 is 1. The Kier molecular flexibility index (Phi) is 9.11. The van der Waals surface area contributed by atoms with E-state index in [1.807, 2.05) is 0 Å². The lowest BCUT2D eigenvalue weighted by molar-refractivity contribution is -0.123. The van der Waals surface area contributed by atoms with Gasteiger partial charge in [0.25, 0.3) is 0 Å². The second-order valence-corrected chi connectivity index (χ2v) is 7.84. The first-order valence-electron chi connectivity index (χ1n) is 7.92. The fourth-order valence-corrected chi connectivity index (χ4v) is 2.95. The standard InChI is InChI=1S/C17H35NO2/c1-16(2,3)14-17(4,5)13-15(19)18-11-9-7-8-10-12-20-6/h7-14H2,1-6H3,(H,18,19). The van der Waals surface area contributed by atoms with Gasteiger partial charge in [0.15, 0.2) is 0 Å². The Morgan fingerprint density at radius 1 is 1.00 bits per heavy atom. The van der Waals surface area contributed by atoms with Gasteiger partial charge in [-0.3, -0.25) is 4.79 Å². The molecule has 0 aliphatic rings. The van der Waals surface area contributed by atoms with Crippen molar-refractivity contribution in [3.05, 3.63) is 0 Å². The van der Waals surface area contributed by atoms with Crippen molar-refractivity contribution in [3.8, 4) is 0 Å². The second kappa shape index (κ2) is 9.38. The van der Waals surface area contributed by atoms with Gasteiger partial charge in [-0.25, -0.2) is 0 Å². The molecule has 0 heterocycles. The van der Waals surface area contributed by atoms with Crippen LogP contribution in [0.2, 0.25) is 0 Å². The highest BCUT2D eigenvalue weighted by atomic mass is 16.5. The van der Waals surface area contributed by atoms with E-state index in [1.165, 1.54) is 6.42 Å². The first-order chi connectivity index (χ1) is 9.16. The molecule has 3 nitrogen and oxygen atoms in total. The number of nitrogens with one attached hydrogen (secondary N) is 1. The molecule has 1 N–H and O–H groups in total. The molecule has 0 radical (unpaired) electrons. The van der Waals surface area contributed by atoms with E-state index >= 15 is 0 Å². The van der Waals surface area contributed by atoms with E-state index in [0.29, 0.717) is 6.42 Å². The molecule has 1 amide bonds. The fraction of sp³-hybridized carbons (Fsp3) is 0.941. The third-order valence-electron chi connectivity index (χ3n) is 3.25. The molecule has 0 aliphatic carbocycles. The zero-order valence-electron chi connectivity index (χ0n) is 14.5. The SMILES string of the molecule is COCCCCCCNC(=O)CC(C)(C)CC(C)(C)C. The third kappa shape index (κ3) is 12.5. The van der Waals surface area contributed by atoms with Gasteiger partial charge < -0.3 is 10.1 Å². The molecule has 3 heteroatoms. The maximum Gasteiger partial charge on any atom is 0.220 e. The predicted octanol–water partition coefficient (Wildman–Crippen LogP) is 4.16. The molecule has 0 spiro atoms. The summed E-state index contributed by atoms with van der Waals surface area (Å²) in [6.45, 7) is 12.7. The van der Waals surface area contributed by atoms with Crippen molar-refractivity contribution in [3.63, 3.8) is 0 Å². The number of carbonyl (C=O) groups excluding carboxylic acids is 1. The molecular formula is C17H35NO2. The Balaban J connectivity index is 3.72. The minimum atomic E-state index is 0.0702. The summed E-state index contributed by atoms with van der Waals surface area (Å²) >= 11 is 0. The zero-order valence-corrected chi connectivity index (χ0v) is 14.5. The number of amides is 1. The van der Waals surface area contributed by atoms with Crippen LogP contribution < -0.4 is 5.32 Å². The number of ether oxygens (including phenoxy) is 1. The van der Waals surface area contributed by atoms with Crippen molar-refractivity contribution < 1.29 is 9.53 Å². The summed E-state index contributed by atoms with van der Waals surface area (Å²) in [4.78, 5) is 11.9. The van der Waals surface area contributed by atoms with Crippen LogP contribution in [0.15, 0.2) is 0 Å². The molecule has 0 aromatic heterocycles. The number of unbranched alkanes of at least 4 members (excludes halogenated alkanes) is 3. The average Bonchev–Trinajstić information content (AvgIpc) is 2.23. The van der Waals surface area contributed by atoms with E-state index in [-0.39, 0.29) is 16.7 Å². The minimum Gasteiger partial charge on any atom is -0.385 e. The number of hydrogen-bond donors (Lipinski definition) is 1. The Hall–Kier alpha value is -0.570. The summed E-state index contributed by atoms with van der Waals surface area (Å²) < 4.78 is 5.01. The Bertz CT molecular complexity index is 267. The molecule has 0 rings (SSSR count). The van der Waals surface area contributed by atoms with Gasteiger partial charge in [0, 0.05) is 26.7 Å². The summed E-state index contributed by atoms with van der Waals surface area (Å²) in [5, 5.41) is 3.05. The summed E-state index contributed by atoms with van der Waals surface area (Å²) in [7, 11) is 1.74. The zero-order chi connectivity index (χ0) is 15.6. The summed E-state index contributed by atoms with van der Waals surface area (Å²) in [6.07, 6.45) is 6.20. The van der Waals surface area contributed by atoms with E-state index in [4.69, 9.17) is 4.74 Å². The molecule has 0 bridgehead atoms. The van der Waals surface area contributed by atoms with Gasteiger partial charge in [0.1, 0.15) is 0 Å². The summed E-state index contributed by atoms with van der Waals surface area (Å²) in [5.41, 5.74) is 0.339. The number of hydrogen-bond acceptors (Lipinski definition) is 2. The van der Waals surface area contributed by atoms with Crippen molar-refractivity contribution in [1.82, 2.24) is 5.32 Å². The Labute approximate surface area is 125 Å². The first-order valence-corrected chi connectivity index (χ1v) is 7.92. The van der Waals surface area contributed by atoms with Crippen LogP contribution in [0.1, 0.15) is 73.1 Å². The molecule has 0 fully saturated rings. The lowest BCUT2D eigenvalue weighted by Gasteiger charge is -2.31. The normalized spacial score (nSPS) is 12.5. The largest absolute Gasteiger partial charge is 0.385 e. The van der Waals surface area contributed by atoms with Crippen LogP contribution in [-0.2, 0) is 9.53 Å². The lowest BCUT2D eigenvalue weighted by atomic mass is 9.74. The van der Waals surface area contributed by atoms with Gasteiger partial charge in [-0.2, -0.15) is 0 Å². The average molecular weight is 285 g/mol. The van der Waals surface area contributed by atoms with Gasteiger partial charge in [-0.15, -0.1) is 0 Å². The van der Waals surface area contributed by atoms with Crippen molar-refractivity contribution in [2.24, 2.45) is 10.8 Å². The van der Waals surface area contributed by atoms with Crippen LogP contribution >= 0.6 is 0 Å². The predicted molar refractivity (Wildman–Crippen MR) is 85.8 cm³/mol. The molecular weight excluding hydrogens is 250 g/mol. The molecule has 20 heavy (non-hydrogen) atoms. The van der Waals surface area contributed by atoms with Gasteiger partial charge in [-0.05, 0) is 30.1 Å². The molecule has 0 aliphatic heterocycles. The molecule has 0 aromatic rings. The highest BCUT2D eigenvalue weighted by molar-refractivity contribution is 5.76. The molecule has 0 saturated heterocycles. The van der Waals surface area contributed by atoms with E-state index in [1.54, 1.807) is 7.11 Å². The second-order valence-electron chi connectivity index (χ2n) is 7.84. The van der Waals surface area contributed by atoms with Crippen LogP contribution in [0.25, 0.3) is 0 Å². The van der Waals surface area contributed by atoms with Crippen LogP contribution in [-0.4, -0.2) is 26.2 Å². The first kappa shape index (κ1) is 19.4. The van der Waals surface area contributed by atoms with Crippen molar-refractivity contribution in [2.75, 3.05) is 20.3 Å². The van der Waals surface area contributed by atoms with E-state index < -0.39 is 0 Å². The van der Waals surface area contributed by atoms with Gasteiger partial charge >= 0.3 is 0 Å². The maximum absolute atomic E-state index is 11.9. The number of carbonyl (C=O) groups is 1. The molecule has 0 aromatic carbocycles. The molecule has 0 saturated carbocycles.